The first kappa shape index (κ1) is 17.0. The smallest absolute Gasteiger partial charge is 0.0991 e. The summed E-state index contributed by atoms with van der Waals surface area (Å²) < 4.78 is 0. The minimum Gasteiger partial charge on any atom is -0.192 e. The van der Waals surface area contributed by atoms with Gasteiger partial charge in [-0.25, -0.2) is 0 Å². The van der Waals surface area contributed by atoms with Crippen molar-refractivity contribution < 1.29 is 0 Å². The highest BCUT2D eigenvalue weighted by Gasteiger charge is 2.45. The maximum atomic E-state index is 9.27. The number of nitriles is 2. The van der Waals surface area contributed by atoms with Crippen LogP contribution in [0.5, 0.6) is 0 Å². The van der Waals surface area contributed by atoms with E-state index >= 15 is 0 Å². The van der Waals surface area contributed by atoms with Crippen molar-refractivity contribution in [2.45, 2.75) is 5.41 Å². The normalized spacial score (nSPS) is 13.0. The Kier molecular flexibility index (Phi) is 3.80. The highest BCUT2D eigenvalue weighted by molar-refractivity contribution is 5.86. The van der Waals surface area contributed by atoms with Crippen molar-refractivity contribution in [3.05, 3.63) is 130 Å². The monoisotopic (exact) mass is 368 g/mol. The quantitative estimate of drug-likeness (QED) is 0.396. The largest absolute Gasteiger partial charge is 0.192 e. The summed E-state index contributed by atoms with van der Waals surface area (Å²) in [5.74, 6) is 0. The van der Waals surface area contributed by atoms with E-state index in [9.17, 15) is 10.5 Å². The van der Waals surface area contributed by atoms with Crippen LogP contribution in [-0.2, 0) is 5.41 Å². The number of rotatable bonds is 2. The lowest BCUT2D eigenvalue weighted by Gasteiger charge is -2.33. The Labute approximate surface area is 169 Å². The zero-order valence-corrected chi connectivity index (χ0v) is 15.6. The van der Waals surface area contributed by atoms with E-state index < -0.39 is 5.41 Å². The minimum atomic E-state index is -0.491. The Morgan fingerprint density at radius 2 is 0.862 bits per heavy atom. The average Bonchev–Trinajstić information content (AvgIpc) is 3.11. The molecule has 0 N–H and O–H groups in total. The molecule has 0 atom stereocenters. The van der Waals surface area contributed by atoms with Crippen LogP contribution < -0.4 is 0 Å². The number of hydrogen-bond donors (Lipinski definition) is 0. The van der Waals surface area contributed by atoms with E-state index in [0.29, 0.717) is 11.1 Å². The summed E-state index contributed by atoms with van der Waals surface area (Å²) in [7, 11) is 0. The molecule has 0 saturated heterocycles. The zero-order valence-electron chi connectivity index (χ0n) is 15.6. The van der Waals surface area contributed by atoms with Gasteiger partial charge in [0.25, 0.3) is 0 Å². The number of hydrogen-bond acceptors (Lipinski definition) is 2. The van der Waals surface area contributed by atoms with Gasteiger partial charge < -0.3 is 0 Å². The fourth-order valence-electron chi connectivity index (χ4n) is 4.61. The Balaban J connectivity index is 1.91. The van der Waals surface area contributed by atoms with Gasteiger partial charge in [0.05, 0.1) is 28.7 Å². The molecule has 5 rings (SSSR count). The summed E-state index contributed by atoms with van der Waals surface area (Å²) >= 11 is 0. The first-order valence-electron chi connectivity index (χ1n) is 9.49. The second-order valence-corrected chi connectivity index (χ2v) is 7.22. The second-order valence-electron chi connectivity index (χ2n) is 7.22. The van der Waals surface area contributed by atoms with Gasteiger partial charge in [0.1, 0.15) is 0 Å². The van der Waals surface area contributed by atoms with Gasteiger partial charge in [0, 0.05) is 0 Å². The van der Waals surface area contributed by atoms with E-state index in [-0.39, 0.29) is 0 Å². The van der Waals surface area contributed by atoms with Crippen LogP contribution in [0, 0.1) is 22.7 Å². The van der Waals surface area contributed by atoms with Crippen LogP contribution in [-0.4, -0.2) is 0 Å². The van der Waals surface area contributed by atoms with Crippen LogP contribution in [0.25, 0.3) is 11.1 Å². The predicted molar refractivity (Wildman–Crippen MR) is 113 cm³/mol. The zero-order chi connectivity index (χ0) is 19.8. The van der Waals surface area contributed by atoms with Crippen LogP contribution >= 0.6 is 0 Å². The number of benzene rings is 4. The van der Waals surface area contributed by atoms with Crippen LogP contribution in [0.15, 0.2) is 97.1 Å². The molecular weight excluding hydrogens is 352 g/mol. The molecule has 0 spiro atoms. The molecule has 0 radical (unpaired) electrons. The maximum absolute atomic E-state index is 9.27. The summed E-state index contributed by atoms with van der Waals surface area (Å²) in [4.78, 5) is 0. The van der Waals surface area contributed by atoms with Gasteiger partial charge in [-0.05, 0) is 57.6 Å². The molecule has 29 heavy (non-hydrogen) atoms. The third-order valence-corrected chi connectivity index (χ3v) is 5.85. The van der Waals surface area contributed by atoms with Gasteiger partial charge in [-0.3, -0.25) is 0 Å². The first-order valence-corrected chi connectivity index (χ1v) is 9.49. The standard InChI is InChI=1S/C27H16N2/c28-17-19-9-13-21(14-10-19)27(22-15-11-20(18-29)12-16-22)25-7-3-1-5-23(25)24-6-2-4-8-26(24)27/h1-16H. The van der Waals surface area contributed by atoms with E-state index in [2.05, 4.69) is 84.9 Å². The van der Waals surface area contributed by atoms with E-state index in [4.69, 9.17) is 0 Å². The summed E-state index contributed by atoms with van der Waals surface area (Å²) in [6.45, 7) is 0. The van der Waals surface area contributed by atoms with E-state index in [1.165, 1.54) is 22.3 Å². The molecule has 0 heterocycles. The average molecular weight is 368 g/mol. The summed E-state index contributed by atoms with van der Waals surface area (Å²) in [6, 6.07) is 37.2. The van der Waals surface area contributed by atoms with Crippen molar-refractivity contribution in [1.82, 2.24) is 0 Å². The lowest BCUT2D eigenvalue weighted by molar-refractivity contribution is 0.768. The fraction of sp³-hybridized carbons (Fsp3) is 0.0370. The molecule has 0 saturated carbocycles. The van der Waals surface area contributed by atoms with Gasteiger partial charge >= 0.3 is 0 Å². The second kappa shape index (κ2) is 6.48. The van der Waals surface area contributed by atoms with Crippen LogP contribution in [0.3, 0.4) is 0 Å². The van der Waals surface area contributed by atoms with E-state index in [0.717, 1.165) is 11.1 Å². The maximum Gasteiger partial charge on any atom is 0.0991 e. The van der Waals surface area contributed by atoms with Crippen molar-refractivity contribution >= 4 is 0 Å². The summed E-state index contributed by atoms with van der Waals surface area (Å²) in [6.07, 6.45) is 0. The molecule has 4 aromatic rings. The third-order valence-electron chi connectivity index (χ3n) is 5.85. The molecule has 0 fully saturated rings. The summed E-state index contributed by atoms with van der Waals surface area (Å²) in [5.41, 5.74) is 7.89. The molecule has 2 heteroatoms. The van der Waals surface area contributed by atoms with Gasteiger partial charge in [0.2, 0.25) is 0 Å². The highest BCUT2D eigenvalue weighted by Crippen LogP contribution is 2.55. The fourth-order valence-corrected chi connectivity index (χ4v) is 4.61. The van der Waals surface area contributed by atoms with Gasteiger partial charge in [-0.2, -0.15) is 10.5 Å². The Hall–Kier alpha value is -4.14. The lowest BCUT2D eigenvalue weighted by Crippen LogP contribution is -2.28. The first-order chi connectivity index (χ1) is 14.3. The number of nitrogens with zero attached hydrogens (tertiary/aromatic N) is 2. The van der Waals surface area contributed by atoms with Crippen molar-refractivity contribution in [3.8, 4) is 23.3 Å². The molecule has 4 aromatic carbocycles. The van der Waals surface area contributed by atoms with Gasteiger partial charge in [-0.1, -0.05) is 72.8 Å². The Bertz CT molecular complexity index is 1200. The molecule has 0 aromatic heterocycles. The Morgan fingerprint density at radius 1 is 0.483 bits per heavy atom. The topological polar surface area (TPSA) is 47.6 Å². The van der Waals surface area contributed by atoms with Crippen LogP contribution in [0.4, 0.5) is 0 Å². The molecule has 0 bridgehead atoms. The molecule has 2 nitrogen and oxygen atoms in total. The van der Waals surface area contributed by atoms with E-state index in [1.807, 2.05) is 24.3 Å². The van der Waals surface area contributed by atoms with Crippen molar-refractivity contribution in [2.75, 3.05) is 0 Å². The molecule has 0 amide bonds. The molecular formula is C27H16N2. The number of fused-ring (bicyclic) bond motifs is 3. The van der Waals surface area contributed by atoms with Crippen LogP contribution in [0.1, 0.15) is 33.4 Å². The van der Waals surface area contributed by atoms with Gasteiger partial charge in [0.15, 0.2) is 0 Å². The van der Waals surface area contributed by atoms with Crippen molar-refractivity contribution in [2.24, 2.45) is 0 Å². The van der Waals surface area contributed by atoms with Gasteiger partial charge in [-0.15, -0.1) is 0 Å². The predicted octanol–water partition coefficient (Wildman–Crippen LogP) is 5.79. The molecule has 1 aliphatic carbocycles. The SMILES string of the molecule is N#Cc1ccc(C2(c3ccc(C#N)cc3)c3ccccc3-c3ccccc32)cc1. The highest BCUT2D eigenvalue weighted by atomic mass is 14.5. The minimum absolute atomic E-state index is 0.491. The molecule has 134 valence electrons. The third kappa shape index (κ3) is 2.34. The van der Waals surface area contributed by atoms with E-state index in [1.54, 1.807) is 0 Å². The van der Waals surface area contributed by atoms with Crippen molar-refractivity contribution in [3.63, 3.8) is 0 Å². The molecule has 1 aliphatic rings. The van der Waals surface area contributed by atoms with Crippen LogP contribution in [0.2, 0.25) is 0 Å². The van der Waals surface area contributed by atoms with Crippen molar-refractivity contribution in [1.29, 1.82) is 10.5 Å². The molecule has 0 unspecified atom stereocenters. The Morgan fingerprint density at radius 3 is 1.24 bits per heavy atom. The summed E-state index contributed by atoms with van der Waals surface area (Å²) in [5, 5.41) is 18.5. The molecule has 0 aliphatic heterocycles. The lowest BCUT2D eigenvalue weighted by atomic mass is 9.67.